The molecule has 1 aliphatic rings. The summed E-state index contributed by atoms with van der Waals surface area (Å²) in [7, 11) is -3.79. The van der Waals surface area contributed by atoms with Gasteiger partial charge in [-0.1, -0.05) is 5.16 Å². The van der Waals surface area contributed by atoms with Crippen molar-refractivity contribution in [2.45, 2.75) is 44.4 Å². The zero-order valence-electron chi connectivity index (χ0n) is 17.1. The third-order valence-electron chi connectivity index (χ3n) is 5.56. The predicted octanol–water partition coefficient (Wildman–Crippen LogP) is 4.72. The number of sulfonamides is 1. The summed E-state index contributed by atoms with van der Waals surface area (Å²) in [5.74, 6) is 0.885. The van der Waals surface area contributed by atoms with Crippen molar-refractivity contribution in [2.24, 2.45) is 0 Å². The van der Waals surface area contributed by atoms with E-state index in [2.05, 4.69) is 25.2 Å². The van der Waals surface area contributed by atoms with Crippen molar-refractivity contribution in [1.82, 2.24) is 15.1 Å². The Balaban J connectivity index is 1.41. The minimum Gasteiger partial charge on any atom is -0.340 e. The highest BCUT2D eigenvalue weighted by atomic mass is 32.2. The first kappa shape index (κ1) is 20.0. The van der Waals surface area contributed by atoms with Gasteiger partial charge >= 0.3 is 0 Å². The van der Waals surface area contributed by atoms with Gasteiger partial charge in [-0.2, -0.15) is 0 Å². The fourth-order valence-electron chi connectivity index (χ4n) is 3.73. The number of hydrogen-bond acceptors (Lipinski definition) is 8. The molecule has 10 heteroatoms. The van der Waals surface area contributed by atoms with Crippen LogP contribution in [0.2, 0.25) is 0 Å². The summed E-state index contributed by atoms with van der Waals surface area (Å²) in [5.41, 5.74) is 3.40. The average Bonchev–Trinajstić information content (AvgIpc) is 3.29. The van der Waals surface area contributed by atoms with Gasteiger partial charge in [0.25, 0.3) is 10.0 Å². The van der Waals surface area contributed by atoms with E-state index in [0.717, 1.165) is 34.6 Å². The van der Waals surface area contributed by atoms with E-state index in [1.807, 2.05) is 0 Å². The van der Waals surface area contributed by atoms with Gasteiger partial charge in [0.2, 0.25) is 5.88 Å². The molecule has 0 saturated heterocycles. The maximum Gasteiger partial charge on any atom is 0.264 e. The molecule has 31 heavy (non-hydrogen) atoms. The Kier molecular flexibility index (Phi) is 4.90. The minimum atomic E-state index is -3.79. The number of aryl methyl sites for hydroxylation is 3. The zero-order valence-corrected chi connectivity index (χ0v) is 18.7. The van der Waals surface area contributed by atoms with Gasteiger partial charge in [0.1, 0.15) is 17.0 Å². The second-order valence-corrected chi connectivity index (χ2v) is 10.4. The van der Waals surface area contributed by atoms with Gasteiger partial charge in [-0.25, -0.2) is 23.1 Å². The fourth-order valence-corrected chi connectivity index (χ4v) is 6.01. The van der Waals surface area contributed by atoms with E-state index in [0.29, 0.717) is 11.3 Å². The highest BCUT2D eigenvalue weighted by molar-refractivity contribution is 7.92. The molecular weight excluding hydrogens is 434 g/mol. The number of thiophene rings is 1. The Morgan fingerprint density at radius 3 is 2.58 bits per heavy atom. The van der Waals surface area contributed by atoms with Crippen molar-refractivity contribution in [2.75, 3.05) is 10.0 Å². The van der Waals surface area contributed by atoms with Crippen LogP contribution in [0, 0.1) is 13.8 Å². The lowest BCUT2D eigenvalue weighted by Gasteiger charge is -2.13. The van der Waals surface area contributed by atoms with Crippen molar-refractivity contribution in [3.63, 3.8) is 0 Å². The number of hydrogen-bond donors (Lipinski definition) is 2. The molecule has 3 aromatic heterocycles. The Bertz CT molecular complexity index is 1370. The molecule has 0 amide bonds. The number of nitrogens with zero attached hydrogens (tertiary/aromatic N) is 3. The van der Waals surface area contributed by atoms with Crippen LogP contribution in [0.15, 0.2) is 40.0 Å². The van der Waals surface area contributed by atoms with Gasteiger partial charge in [0, 0.05) is 16.1 Å². The fraction of sp³-hybridized carbons (Fsp3) is 0.286. The second-order valence-electron chi connectivity index (χ2n) is 7.59. The molecule has 8 nitrogen and oxygen atoms in total. The first-order valence-electron chi connectivity index (χ1n) is 10.0. The van der Waals surface area contributed by atoms with Crippen LogP contribution < -0.4 is 10.0 Å². The van der Waals surface area contributed by atoms with Crippen LogP contribution in [-0.2, 0) is 22.9 Å². The molecule has 0 spiro atoms. The zero-order chi connectivity index (χ0) is 21.6. The summed E-state index contributed by atoms with van der Waals surface area (Å²) in [4.78, 5) is 11.4. The lowest BCUT2D eigenvalue weighted by Crippen LogP contribution is -2.13. The quantitative estimate of drug-likeness (QED) is 0.448. The molecule has 2 N–H and O–H groups in total. The number of anilines is 3. The Labute approximate surface area is 183 Å². The van der Waals surface area contributed by atoms with E-state index in [-0.39, 0.29) is 10.8 Å². The highest BCUT2D eigenvalue weighted by Gasteiger charge is 2.21. The molecule has 160 valence electrons. The first-order valence-corrected chi connectivity index (χ1v) is 12.3. The van der Waals surface area contributed by atoms with Gasteiger partial charge in [-0.15, -0.1) is 11.3 Å². The van der Waals surface area contributed by atoms with Crippen LogP contribution in [0.1, 0.15) is 34.5 Å². The third kappa shape index (κ3) is 3.66. The van der Waals surface area contributed by atoms with Gasteiger partial charge in [-0.3, -0.25) is 0 Å². The van der Waals surface area contributed by atoms with Crippen molar-refractivity contribution < 1.29 is 12.9 Å². The Hall–Kier alpha value is -2.98. The lowest BCUT2D eigenvalue weighted by molar-refractivity contribution is 0.430. The van der Waals surface area contributed by atoms with E-state index < -0.39 is 10.0 Å². The van der Waals surface area contributed by atoms with Crippen LogP contribution in [0.25, 0.3) is 10.2 Å². The molecule has 5 rings (SSSR count). The largest absolute Gasteiger partial charge is 0.340 e. The van der Waals surface area contributed by atoms with E-state index in [4.69, 9.17) is 4.52 Å². The monoisotopic (exact) mass is 455 g/mol. The summed E-state index contributed by atoms with van der Waals surface area (Å²) in [6.07, 6.45) is 6.10. The number of fused-ring (bicyclic) bond motifs is 3. The first-order chi connectivity index (χ1) is 14.9. The molecule has 0 aliphatic heterocycles. The standard InChI is InChI=1S/C21H21N5O3S2/c1-12-13(2)25-29-20(12)26-31(27,28)15-9-7-14(8-10-15)24-19-18-16-5-3-4-6-17(16)30-21(18)23-11-22-19/h7-11,26H,3-6H2,1-2H3,(H,22,23,24). The summed E-state index contributed by atoms with van der Waals surface area (Å²) in [6, 6.07) is 6.54. The summed E-state index contributed by atoms with van der Waals surface area (Å²) < 4.78 is 32.9. The van der Waals surface area contributed by atoms with E-state index >= 15 is 0 Å². The van der Waals surface area contributed by atoms with Crippen LogP contribution in [-0.4, -0.2) is 23.5 Å². The molecular formula is C21H21N5O3S2. The topological polar surface area (TPSA) is 110 Å². The van der Waals surface area contributed by atoms with Crippen molar-refractivity contribution in [1.29, 1.82) is 0 Å². The molecule has 4 aromatic rings. The highest BCUT2D eigenvalue weighted by Crippen LogP contribution is 2.38. The smallest absolute Gasteiger partial charge is 0.264 e. The maximum absolute atomic E-state index is 12.7. The normalized spacial score (nSPS) is 13.9. The molecule has 3 heterocycles. The SMILES string of the molecule is Cc1noc(NS(=O)(=O)c2ccc(Nc3ncnc4sc5c(c34)CCCC5)cc2)c1C. The third-order valence-corrected chi connectivity index (χ3v) is 8.11. The van der Waals surface area contributed by atoms with Gasteiger partial charge in [0.15, 0.2) is 0 Å². The van der Waals surface area contributed by atoms with Gasteiger partial charge < -0.3 is 9.84 Å². The molecule has 0 bridgehead atoms. The number of benzene rings is 1. The lowest BCUT2D eigenvalue weighted by atomic mass is 9.97. The van der Waals surface area contributed by atoms with Crippen LogP contribution >= 0.6 is 11.3 Å². The van der Waals surface area contributed by atoms with Crippen molar-refractivity contribution in [3.05, 3.63) is 52.3 Å². The van der Waals surface area contributed by atoms with Crippen molar-refractivity contribution in [3.8, 4) is 0 Å². The number of rotatable bonds is 5. The molecule has 1 aliphatic carbocycles. The van der Waals surface area contributed by atoms with Crippen LogP contribution in [0.5, 0.6) is 0 Å². The Morgan fingerprint density at radius 2 is 1.84 bits per heavy atom. The molecule has 0 radical (unpaired) electrons. The molecule has 0 unspecified atom stereocenters. The van der Waals surface area contributed by atoms with Crippen molar-refractivity contribution >= 4 is 49.0 Å². The van der Waals surface area contributed by atoms with Gasteiger partial charge in [0.05, 0.1) is 16.0 Å². The molecule has 0 atom stereocenters. The number of aromatic nitrogens is 3. The van der Waals surface area contributed by atoms with E-state index in [9.17, 15) is 8.42 Å². The molecule has 1 aromatic carbocycles. The molecule has 0 saturated carbocycles. The number of nitrogens with one attached hydrogen (secondary N) is 2. The average molecular weight is 456 g/mol. The van der Waals surface area contributed by atoms with E-state index in [1.165, 1.54) is 23.3 Å². The predicted molar refractivity (Wildman–Crippen MR) is 121 cm³/mol. The minimum absolute atomic E-state index is 0.130. The van der Waals surface area contributed by atoms with Crippen LogP contribution in [0.4, 0.5) is 17.4 Å². The maximum atomic E-state index is 12.7. The summed E-state index contributed by atoms with van der Waals surface area (Å²) in [5, 5.41) is 8.20. The summed E-state index contributed by atoms with van der Waals surface area (Å²) in [6.45, 7) is 3.51. The molecule has 0 fully saturated rings. The second kappa shape index (κ2) is 7.61. The Morgan fingerprint density at radius 1 is 1.06 bits per heavy atom. The van der Waals surface area contributed by atoms with E-state index in [1.54, 1.807) is 55.8 Å². The van der Waals surface area contributed by atoms with Gasteiger partial charge in [-0.05, 0) is 69.4 Å². The summed E-state index contributed by atoms with van der Waals surface area (Å²) >= 11 is 1.74. The van der Waals surface area contributed by atoms with Crippen LogP contribution in [0.3, 0.4) is 0 Å².